The maximum atomic E-state index is 12.1. The van der Waals surface area contributed by atoms with E-state index in [0.717, 1.165) is 25.1 Å². The minimum absolute atomic E-state index is 0.0896. The lowest BCUT2D eigenvalue weighted by molar-refractivity contribution is 0.0935. The van der Waals surface area contributed by atoms with Crippen molar-refractivity contribution in [2.75, 3.05) is 11.9 Å². The van der Waals surface area contributed by atoms with Gasteiger partial charge in [0.15, 0.2) is 0 Å². The SMILES string of the molecule is CCCNc1ccc(C(=O)NC(C)Cc2ccsc2)nc1. The second-order valence-electron chi connectivity index (χ2n) is 5.07. The van der Waals surface area contributed by atoms with Crippen molar-refractivity contribution in [3.05, 3.63) is 46.4 Å². The van der Waals surface area contributed by atoms with Gasteiger partial charge in [0, 0.05) is 12.6 Å². The Labute approximate surface area is 129 Å². The second-order valence-corrected chi connectivity index (χ2v) is 5.85. The number of hydrogen-bond donors (Lipinski definition) is 2. The minimum atomic E-state index is -0.125. The normalized spacial score (nSPS) is 11.9. The first-order chi connectivity index (χ1) is 10.2. The topological polar surface area (TPSA) is 54.0 Å². The van der Waals surface area contributed by atoms with Crippen LogP contribution in [0.25, 0.3) is 0 Å². The molecule has 21 heavy (non-hydrogen) atoms. The van der Waals surface area contributed by atoms with Crippen molar-refractivity contribution in [2.45, 2.75) is 32.7 Å². The Hall–Kier alpha value is -1.88. The van der Waals surface area contributed by atoms with E-state index in [1.165, 1.54) is 5.56 Å². The summed E-state index contributed by atoms with van der Waals surface area (Å²) in [5.74, 6) is -0.125. The summed E-state index contributed by atoms with van der Waals surface area (Å²) in [6, 6.07) is 5.82. The van der Waals surface area contributed by atoms with Crippen molar-refractivity contribution < 1.29 is 4.79 Å². The number of aromatic nitrogens is 1. The number of amides is 1. The standard InChI is InChI=1S/C16H21N3OS/c1-3-7-17-14-4-5-15(18-10-14)16(20)19-12(2)9-13-6-8-21-11-13/h4-6,8,10-12,17H,3,7,9H2,1-2H3,(H,19,20). The smallest absolute Gasteiger partial charge is 0.270 e. The Morgan fingerprint density at radius 2 is 2.24 bits per heavy atom. The second kappa shape index (κ2) is 7.78. The van der Waals surface area contributed by atoms with Crippen LogP contribution in [0.5, 0.6) is 0 Å². The lowest BCUT2D eigenvalue weighted by Crippen LogP contribution is -2.34. The molecule has 0 spiro atoms. The highest BCUT2D eigenvalue weighted by Crippen LogP contribution is 2.10. The Bertz CT molecular complexity index is 551. The lowest BCUT2D eigenvalue weighted by atomic mass is 10.1. The van der Waals surface area contributed by atoms with Gasteiger partial charge in [-0.1, -0.05) is 6.92 Å². The number of hydrogen-bond acceptors (Lipinski definition) is 4. The van der Waals surface area contributed by atoms with E-state index in [0.29, 0.717) is 5.69 Å². The number of rotatable bonds is 7. The maximum Gasteiger partial charge on any atom is 0.270 e. The van der Waals surface area contributed by atoms with Crippen LogP contribution in [0.4, 0.5) is 5.69 Å². The highest BCUT2D eigenvalue weighted by molar-refractivity contribution is 7.07. The van der Waals surface area contributed by atoms with Crippen LogP contribution in [0.2, 0.25) is 0 Å². The molecule has 2 heterocycles. The zero-order valence-corrected chi connectivity index (χ0v) is 13.2. The molecule has 1 amide bonds. The van der Waals surface area contributed by atoms with Crippen molar-refractivity contribution in [1.29, 1.82) is 0 Å². The van der Waals surface area contributed by atoms with Crippen LogP contribution in [0, 0.1) is 0 Å². The number of pyridine rings is 1. The van der Waals surface area contributed by atoms with Crippen molar-refractivity contribution in [3.63, 3.8) is 0 Å². The fraction of sp³-hybridized carbons (Fsp3) is 0.375. The molecule has 4 nitrogen and oxygen atoms in total. The van der Waals surface area contributed by atoms with E-state index in [2.05, 4.69) is 34.0 Å². The van der Waals surface area contributed by atoms with Crippen molar-refractivity contribution in [1.82, 2.24) is 10.3 Å². The summed E-state index contributed by atoms with van der Waals surface area (Å²) < 4.78 is 0. The van der Waals surface area contributed by atoms with Crippen LogP contribution in [0.1, 0.15) is 36.3 Å². The maximum absolute atomic E-state index is 12.1. The summed E-state index contributed by atoms with van der Waals surface area (Å²) in [6.07, 6.45) is 3.60. The molecular formula is C16H21N3OS. The zero-order chi connectivity index (χ0) is 15.1. The number of nitrogens with one attached hydrogen (secondary N) is 2. The van der Waals surface area contributed by atoms with Gasteiger partial charge in [0.25, 0.3) is 5.91 Å². The molecule has 2 aromatic rings. The van der Waals surface area contributed by atoms with Gasteiger partial charge in [-0.3, -0.25) is 4.79 Å². The van der Waals surface area contributed by atoms with Gasteiger partial charge >= 0.3 is 0 Å². The van der Waals surface area contributed by atoms with Gasteiger partial charge in [-0.2, -0.15) is 11.3 Å². The highest BCUT2D eigenvalue weighted by atomic mass is 32.1. The molecule has 2 N–H and O–H groups in total. The molecule has 0 bridgehead atoms. The quantitative estimate of drug-likeness (QED) is 0.825. The Balaban J connectivity index is 1.87. The lowest BCUT2D eigenvalue weighted by Gasteiger charge is -2.13. The number of thiophene rings is 1. The molecule has 2 aromatic heterocycles. The summed E-state index contributed by atoms with van der Waals surface area (Å²) in [4.78, 5) is 16.3. The molecule has 0 radical (unpaired) electrons. The molecule has 1 unspecified atom stereocenters. The van der Waals surface area contributed by atoms with Crippen molar-refractivity contribution in [2.24, 2.45) is 0 Å². The molecule has 5 heteroatoms. The first-order valence-corrected chi connectivity index (χ1v) is 8.15. The van der Waals surface area contributed by atoms with Gasteiger partial charge in [-0.05, 0) is 54.3 Å². The Morgan fingerprint density at radius 1 is 1.38 bits per heavy atom. The summed E-state index contributed by atoms with van der Waals surface area (Å²) in [6.45, 7) is 5.02. The third kappa shape index (κ3) is 4.86. The highest BCUT2D eigenvalue weighted by Gasteiger charge is 2.11. The van der Waals surface area contributed by atoms with Gasteiger partial charge in [-0.15, -0.1) is 0 Å². The minimum Gasteiger partial charge on any atom is -0.384 e. The van der Waals surface area contributed by atoms with E-state index in [1.54, 1.807) is 23.6 Å². The number of carbonyl (C=O) groups is 1. The summed E-state index contributed by atoms with van der Waals surface area (Å²) in [5.41, 5.74) is 2.65. The number of carbonyl (C=O) groups excluding carboxylic acids is 1. The van der Waals surface area contributed by atoms with Crippen LogP contribution < -0.4 is 10.6 Å². The molecule has 0 aliphatic carbocycles. The molecule has 0 saturated heterocycles. The van der Waals surface area contributed by atoms with Gasteiger partial charge in [0.2, 0.25) is 0 Å². The van der Waals surface area contributed by atoms with Gasteiger partial charge in [-0.25, -0.2) is 4.98 Å². The van der Waals surface area contributed by atoms with Crippen LogP contribution in [0.3, 0.4) is 0 Å². The molecule has 0 aliphatic rings. The molecule has 2 rings (SSSR count). The average Bonchev–Trinajstić information content (AvgIpc) is 2.98. The number of anilines is 1. The van der Waals surface area contributed by atoms with E-state index in [1.807, 2.05) is 18.4 Å². The molecule has 112 valence electrons. The van der Waals surface area contributed by atoms with Gasteiger partial charge in [0.1, 0.15) is 5.69 Å². The van der Waals surface area contributed by atoms with Crippen molar-refractivity contribution >= 4 is 22.9 Å². The molecule has 0 fully saturated rings. The Kier molecular flexibility index (Phi) is 5.75. The fourth-order valence-corrected chi connectivity index (χ4v) is 2.69. The van der Waals surface area contributed by atoms with Crippen molar-refractivity contribution in [3.8, 4) is 0 Å². The van der Waals surface area contributed by atoms with E-state index >= 15 is 0 Å². The molecule has 0 aromatic carbocycles. The van der Waals surface area contributed by atoms with Crippen LogP contribution in [-0.4, -0.2) is 23.5 Å². The van der Waals surface area contributed by atoms with E-state index in [-0.39, 0.29) is 11.9 Å². The average molecular weight is 303 g/mol. The largest absolute Gasteiger partial charge is 0.384 e. The van der Waals surface area contributed by atoms with Crippen LogP contribution >= 0.6 is 11.3 Å². The van der Waals surface area contributed by atoms with Gasteiger partial charge < -0.3 is 10.6 Å². The molecule has 1 atom stereocenters. The van der Waals surface area contributed by atoms with Crippen LogP contribution in [-0.2, 0) is 6.42 Å². The first kappa shape index (κ1) is 15.5. The fourth-order valence-electron chi connectivity index (χ4n) is 2.01. The van der Waals surface area contributed by atoms with E-state index in [9.17, 15) is 4.79 Å². The van der Waals surface area contributed by atoms with Crippen LogP contribution in [0.15, 0.2) is 35.2 Å². The monoisotopic (exact) mass is 303 g/mol. The third-order valence-corrected chi connectivity index (χ3v) is 3.81. The molecule has 0 saturated carbocycles. The first-order valence-electron chi connectivity index (χ1n) is 7.21. The zero-order valence-electron chi connectivity index (χ0n) is 12.4. The van der Waals surface area contributed by atoms with E-state index < -0.39 is 0 Å². The molecular weight excluding hydrogens is 282 g/mol. The molecule has 0 aliphatic heterocycles. The predicted molar refractivity (Wildman–Crippen MR) is 88.0 cm³/mol. The van der Waals surface area contributed by atoms with E-state index in [4.69, 9.17) is 0 Å². The predicted octanol–water partition coefficient (Wildman–Crippen LogP) is 3.33. The third-order valence-electron chi connectivity index (χ3n) is 3.07. The van der Waals surface area contributed by atoms with Gasteiger partial charge in [0.05, 0.1) is 11.9 Å². The summed E-state index contributed by atoms with van der Waals surface area (Å²) in [5, 5.41) is 10.4. The Morgan fingerprint density at radius 3 is 2.86 bits per heavy atom. The summed E-state index contributed by atoms with van der Waals surface area (Å²) in [7, 11) is 0. The number of nitrogens with zero attached hydrogens (tertiary/aromatic N) is 1. The summed E-state index contributed by atoms with van der Waals surface area (Å²) >= 11 is 1.67.